The molecule has 0 saturated heterocycles. The molecule has 0 heterocycles. The standard InChI is InChI=1S/C15H22O/c1-2-3-4-6-11-15(13-16)12-14-9-7-5-8-10-14/h5,7-10,13,15H,2-4,6,11-12H2,1H3/t15-/m0/s1. The van der Waals surface area contributed by atoms with Crippen molar-refractivity contribution in [2.75, 3.05) is 0 Å². The molecule has 1 rings (SSSR count). The van der Waals surface area contributed by atoms with Crippen molar-refractivity contribution in [3.63, 3.8) is 0 Å². The summed E-state index contributed by atoms with van der Waals surface area (Å²) < 4.78 is 0. The van der Waals surface area contributed by atoms with Gasteiger partial charge in [-0.1, -0.05) is 62.9 Å². The van der Waals surface area contributed by atoms with E-state index in [1.807, 2.05) is 18.2 Å². The first kappa shape index (κ1) is 13.0. The normalized spacial score (nSPS) is 12.3. The first-order valence-electron chi connectivity index (χ1n) is 6.36. The minimum atomic E-state index is 0.208. The summed E-state index contributed by atoms with van der Waals surface area (Å²) in [5.41, 5.74) is 1.27. The fourth-order valence-electron chi connectivity index (χ4n) is 1.97. The van der Waals surface area contributed by atoms with Crippen LogP contribution in [0.4, 0.5) is 0 Å². The minimum absolute atomic E-state index is 0.208. The van der Waals surface area contributed by atoms with Gasteiger partial charge in [-0.3, -0.25) is 0 Å². The molecule has 0 unspecified atom stereocenters. The number of carbonyl (C=O) groups is 1. The molecule has 0 saturated carbocycles. The van der Waals surface area contributed by atoms with Gasteiger partial charge in [-0.2, -0.15) is 0 Å². The molecule has 0 aromatic heterocycles. The molecule has 1 nitrogen and oxygen atoms in total. The Morgan fingerprint density at radius 3 is 2.50 bits per heavy atom. The van der Waals surface area contributed by atoms with Gasteiger partial charge in [-0.25, -0.2) is 0 Å². The van der Waals surface area contributed by atoms with E-state index in [2.05, 4.69) is 19.1 Å². The summed E-state index contributed by atoms with van der Waals surface area (Å²) >= 11 is 0. The maximum absolute atomic E-state index is 11.0. The monoisotopic (exact) mass is 218 g/mol. The van der Waals surface area contributed by atoms with Crippen LogP contribution < -0.4 is 0 Å². The summed E-state index contributed by atoms with van der Waals surface area (Å²) in [6, 6.07) is 10.3. The van der Waals surface area contributed by atoms with Gasteiger partial charge in [0, 0.05) is 5.92 Å². The van der Waals surface area contributed by atoms with Crippen molar-refractivity contribution in [1.29, 1.82) is 0 Å². The molecule has 0 fully saturated rings. The first-order valence-corrected chi connectivity index (χ1v) is 6.36. The van der Waals surface area contributed by atoms with E-state index in [1.165, 1.54) is 31.2 Å². The lowest BCUT2D eigenvalue weighted by Crippen LogP contribution is -2.06. The zero-order chi connectivity index (χ0) is 11.6. The third kappa shape index (κ3) is 5.11. The fraction of sp³-hybridized carbons (Fsp3) is 0.533. The number of benzene rings is 1. The van der Waals surface area contributed by atoms with E-state index < -0.39 is 0 Å². The summed E-state index contributed by atoms with van der Waals surface area (Å²) in [6.07, 6.45) is 8.05. The Kier molecular flexibility index (Phi) is 6.55. The highest BCUT2D eigenvalue weighted by Crippen LogP contribution is 2.14. The molecule has 1 heteroatoms. The third-order valence-electron chi connectivity index (χ3n) is 2.96. The molecule has 0 spiro atoms. The molecule has 88 valence electrons. The number of hydrogen-bond acceptors (Lipinski definition) is 1. The molecule has 0 aliphatic carbocycles. The second kappa shape index (κ2) is 8.09. The van der Waals surface area contributed by atoms with E-state index in [0.717, 1.165) is 19.1 Å². The van der Waals surface area contributed by atoms with Gasteiger partial charge in [0.25, 0.3) is 0 Å². The highest BCUT2D eigenvalue weighted by atomic mass is 16.1. The smallest absolute Gasteiger partial charge is 0.123 e. The Morgan fingerprint density at radius 1 is 1.12 bits per heavy atom. The van der Waals surface area contributed by atoms with Gasteiger partial charge in [0.1, 0.15) is 6.29 Å². The maximum atomic E-state index is 11.0. The molecule has 0 N–H and O–H groups in total. The van der Waals surface area contributed by atoms with E-state index in [9.17, 15) is 4.79 Å². The number of hydrogen-bond donors (Lipinski definition) is 0. The molecule has 1 aromatic carbocycles. The summed E-state index contributed by atoms with van der Waals surface area (Å²) in [5, 5.41) is 0. The van der Waals surface area contributed by atoms with Crippen LogP contribution in [0.1, 0.15) is 44.6 Å². The van der Waals surface area contributed by atoms with E-state index >= 15 is 0 Å². The van der Waals surface area contributed by atoms with Crippen molar-refractivity contribution in [1.82, 2.24) is 0 Å². The van der Waals surface area contributed by atoms with Crippen molar-refractivity contribution in [3.8, 4) is 0 Å². The van der Waals surface area contributed by atoms with Crippen molar-refractivity contribution in [2.45, 2.75) is 45.4 Å². The van der Waals surface area contributed by atoms with Crippen LogP contribution in [0.15, 0.2) is 30.3 Å². The summed E-state index contributed by atoms with van der Waals surface area (Å²) in [7, 11) is 0. The SMILES string of the molecule is CCCCCC[C@H](C=O)Cc1ccccc1. The van der Waals surface area contributed by atoms with Crippen LogP contribution in [0.2, 0.25) is 0 Å². The van der Waals surface area contributed by atoms with Crippen LogP contribution in [-0.4, -0.2) is 6.29 Å². The number of aldehydes is 1. The van der Waals surface area contributed by atoms with Crippen molar-refractivity contribution in [2.24, 2.45) is 5.92 Å². The van der Waals surface area contributed by atoms with Gasteiger partial charge in [0.2, 0.25) is 0 Å². The average Bonchev–Trinajstić information content (AvgIpc) is 2.34. The molecule has 0 aliphatic rings. The summed E-state index contributed by atoms with van der Waals surface area (Å²) in [6.45, 7) is 2.21. The number of carbonyl (C=O) groups excluding carboxylic acids is 1. The zero-order valence-electron chi connectivity index (χ0n) is 10.2. The van der Waals surface area contributed by atoms with Crippen LogP contribution in [-0.2, 0) is 11.2 Å². The second-order valence-electron chi connectivity index (χ2n) is 4.44. The number of rotatable bonds is 8. The Bertz CT molecular complexity index is 279. The molecule has 16 heavy (non-hydrogen) atoms. The van der Waals surface area contributed by atoms with E-state index in [-0.39, 0.29) is 5.92 Å². The predicted molar refractivity (Wildman–Crippen MR) is 68.5 cm³/mol. The van der Waals surface area contributed by atoms with Crippen LogP contribution >= 0.6 is 0 Å². The van der Waals surface area contributed by atoms with Crippen LogP contribution in [0, 0.1) is 5.92 Å². The molecular weight excluding hydrogens is 196 g/mol. The Morgan fingerprint density at radius 2 is 1.88 bits per heavy atom. The van der Waals surface area contributed by atoms with Crippen molar-refractivity contribution < 1.29 is 4.79 Å². The van der Waals surface area contributed by atoms with Crippen molar-refractivity contribution >= 4 is 6.29 Å². The molecular formula is C15H22O. The predicted octanol–water partition coefficient (Wildman–Crippen LogP) is 4.01. The zero-order valence-corrected chi connectivity index (χ0v) is 10.2. The van der Waals surface area contributed by atoms with E-state index in [1.54, 1.807) is 0 Å². The largest absolute Gasteiger partial charge is 0.303 e. The lowest BCUT2D eigenvalue weighted by molar-refractivity contribution is -0.111. The third-order valence-corrected chi connectivity index (χ3v) is 2.96. The highest BCUT2D eigenvalue weighted by molar-refractivity contribution is 5.54. The Labute approximate surface area is 98.9 Å². The second-order valence-corrected chi connectivity index (χ2v) is 4.44. The van der Waals surface area contributed by atoms with Gasteiger partial charge >= 0.3 is 0 Å². The Hall–Kier alpha value is -1.11. The quantitative estimate of drug-likeness (QED) is 0.476. The first-order chi connectivity index (χ1) is 7.86. The van der Waals surface area contributed by atoms with Gasteiger partial charge in [-0.15, -0.1) is 0 Å². The molecule has 0 aliphatic heterocycles. The number of unbranched alkanes of at least 4 members (excludes halogenated alkanes) is 3. The topological polar surface area (TPSA) is 17.1 Å². The average molecular weight is 218 g/mol. The molecule has 1 atom stereocenters. The lowest BCUT2D eigenvalue weighted by atomic mass is 9.95. The lowest BCUT2D eigenvalue weighted by Gasteiger charge is -2.09. The molecule has 0 bridgehead atoms. The van der Waals surface area contributed by atoms with Crippen molar-refractivity contribution in [3.05, 3.63) is 35.9 Å². The highest BCUT2D eigenvalue weighted by Gasteiger charge is 2.07. The molecule has 0 radical (unpaired) electrons. The van der Waals surface area contributed by atoms with E-state index in [4.69, 9.17) is 0 Å². The van der Waals surface area contributed by atoms with Crippen LogP contribution in [0.25, 0.3) is 0 Å². The van der Waals surface area contributed by atoms with Crippen LogP contribution in [0.3, 0.4) is 0 Å². The maximum Gasteiger partial charge on any atom is 0.123 e. The molecule has 1 aromatic rings. The summed E-state index contributed by atoms with van der Waals surface area (Å²) in [5.74, 6) is 0.208. The van der Waals surface area contributed by atoms with Gasteiger partial charge in [-0.05, 0) is 18.4 Å². The summed E-state index contributed by atoms with van der Waals surface area (Å²) in [4.78, 5) is 11.0. The van der Waals surface area contributed by atoms with Crippen LogP contribution in [0.5, 0.6) is 0 Å². The van der Waals surface area contributed by atoms with Gasteiger partial charge < -0.3 is 4.79 Å². The Balaban J connectivity index is 2.29. The van der Waals surface area contributed by atoms with Gasteiger partial charge in [0.05, 0.1) is 0 Å². The minimum Gasteiger partial charge on any atom is -0.303 e. The van der Waals surface area contributed by atoms with Gasteiger partial charge in [0.15, 0.2) is 0 Å². The van der Waals surface area contributed by atoms with E-state index in [0.29, 0.717) is 0 Å². The fourth-order valence-corrected chi connectivity index (χ4v) is 1.97. The molecule has 0 amide bonds.